The van der Waals surface area contributed by atoms with Gasteiger partial charge in [0.15, 0.2) is 5.65 Å². The minimum Gasteiger partial charge on any atom is -0.349 e. The van der Waals surface area contributed by atoms with E-state index in [4.69, 9.17) is 0 Å². The van der Waals surface area contributed by atoms with Crippen molar-refractivity contribution in [3.05, 3.63) is 35.5 Å². The molecule has 0 fully saturated rings. The second kappa shape index (κ2) is 4.78. The molecule has 0 amide bonds. The summed E-state index contributed by atoms with van der Waals surface area (Å²) in [6.45, 7) is 4.92. The van der Waals surface area contributed by atoms with E-state index in [1.165, 1.54) is 11.1 Å². The molecule has 1 aliphatic rings. The first-order chi connectivity index (χ1) is 8.81. The minimum absolute atomic E-state index is 0.694. The summed E-state index contributed by atoms with van der Waals surface area (Å²) in [4.78, 5) is 4.46. The summed E-state index contributed by atoms with van der Waals surface area (Å²) < 4.78 is 1.80. The first kappa shape index (κ1) is 11.2. The summed E-state index contributed by atoms with van der Waals surface area (Å²) in [5.41, 5.74) is 3.50. The lowest BCUT2D eigenvalue weighted by Crippen LogP contribution is -2.23. The zero-order valence-corrected chi connectivity index (χ0v) is 10.5. The van der Waals surface area contributed by atoms with Gasteiger partial charge in [-0.15, -0.1) is 5.10 Å². The lowest BCUT2D eigenvalue weighted by atomic mass is 10.1. The predicted molar refractivity (Wildman–Crippen MR) is 71.8 cm³/mol. The zero-order valence-electron chi connectivity index (χ0n) is 10.5. The lowest BCUT2D eigenvalue weighted by molar-refractivity contribution is 0.697. The van der Waals surface area contributed by atoms with Gasteiger partial charge in [-0.25, -0.2) is 4.52 Å². The van der Waals surface area contributed by atoms with E-state index >= 15 is 0 Å². The lowest BCUT2D eigenvalue weighted by Gasteiger charge is -2.13. The number of pyridine rings is 1. The van der Waals surface area contributed by atoms with Crippen molar-refractivity contribution in [2.45, 2.75) is 13.3 Å². The number of aromatic nitrogens is 3. The standard InChI is InChI=1S/C13H17N5/c1-10-4-7-18-12(8-10)16-13(17-18)15-9-11-2-5-14-6-3-11/h2,4,7-8,14H,3,5-6,9H2,1H3,(H,15,17). The summed E-state index contributed by atoms with van der Waals surface area (Å²) in [6, 6.07) is 4.06. The van der Waals surface area contributed by atoms with E-state index in [0.29, 0.717) is 5.95 Å². The van der Waals surface area contributed by atoms with Crippen LogP contribution in [-0.4, -0.2) is 34.2 Å². The molecule has 5 heteroatoms. The Hall–Kier alpha value is -1.88. The van der Waals surface area contributed by atoms with Crippen molar-refractivity contribution in [2.75, 3.05) is 25.0 Å². The molecule has 18 heavy (non-hydrogen) atoms. The molecule has 2 aromatic heterocycles. The van der Waals surface area contributed by atoms with Gasteiger partial charge in [0.1, 0.15) is 0 Å². The third-order valence-electron chi connectivity index (χ3n) is 3.12. The maximum absolute atomic E-state index is 4.46. The molecule has 2 N–H and O–H groups in total. The smallest absolute Gasteiger partial charge is 0.243 e. The first-order valence-corrected chi connectivity index (χ1v) is 6.27. The normalized spacial score (nSPS) is 15.7. The van der Waals surface area contributed by atoms with E-state index in [1.54, 1.807) is 4.52 Å². The highest BCUT2D eigenvalue weighted by molar-refractivity contribution is 5.45. The second-order valence-electron chi connectivity index (χ2n) is 4.61. The van der Waals surface area contributed by atoms with Crippen LogP contribution in [0.3, 0.4) is 0 Å². The molecule has 5 nitrogen and oxygen atoms in total. The number of anilines is 1. The summed E-state index contributed by atoms with van der Waals surface area (Å²) in [5.74, 6) is 0.694. The van der Waals surface area contributed by atoms with Crippen molar-refractivity contribution in [3.63, 3.8) is 0 Å². The van der Waals surface area contributed by atoms with Gasteiger partial charge < -0.3 is 10.6 Å². The van der Waals surface area contributed by atoms with Crippen molar-refractivity contribution in [1.82, 2.24) is 19.9 Å². The molecular weight excluding hydrogens is 226 g/mol. The van der Waals surface area contributed by atoms with Crippen LogP contribution in [-0.2, 0) is 0 Å². The third-order valence-corrected chi connectivity index (χ3v) is 3.12. The topological polar surface area (TPSA) is 54.2 Å². The molecule has 0 saturated heterocycles. The molecule has 2 aromatic rings. The van der Waals surface area contributed by atoms with E-state index in [0.717, 1.165) is 31.7 Å². The van der Waals surface area contributed by atoms with Crippen LogP contribution in [0.25, 0.3) is 5.65 Å². The number of aryl methyl sites for hydroxylation is 1. The van der Waals surface area contributed by atoms with E-state index < -0.39 is 0 Å². The molecule has 1 aliphatic heterocycles. The number of nitrogens with zero attached hydrogens (tertiary/aromatic N) is 3. The summed E-state index contributed by atoms with van der Waals surface area (Å²) in [7, 11) is 0. The molecule has 3 rings (SSSR count). The number of nitrogens with one attached hydrogen (secondary N) is 2. The third kappa shape index (κ3) is 2.36. The van der Waals surface area contributed by atoms with Crippen LogP contribution in [0.4, 0.5) is 5.95 Å². The second-order valence-corrected chi connectivity index (χ2v) is 4.61. The van der Waals surface area contributed by atoms with Crippen LogP contribution in [0.2, 0.25) is 0 Å². The first-order valence-electron chi connectivity index (χ1n) is 6.27. The quantitative estimate of drug-likeness (QED) is 0.799. The van der Waals surface area contributed by atoms with Gasteiger partial charge >= 0.3 is 0 Å². The molecular formula is C13H17N5. The Labute approximate surface area is 106 Å². The summed E-state index contributed by atoms with van der Waals surface area (Å²) in [5, 5.41) is 11.0. The van der Waals surface area contributed by atoms with Crippen LogP contribution in [0.15, 0.2) is 30.0 Å². The van der Waals surface area contributed by atoms with Gasteiger partial charge in [-0.3, -0.25) is 0 Å². The summed E-state index contributed by atoms with van der Waals surface area (Å²) >= 11 is 0. The van der Waals surface area contributed by atoms with E-state index in [-0.39, 0.29) is 0 Å². The highest BCUT2D eigenvalue weighted by atomic mass is 15.3. The number of hydrogen-bond donors (Lipinski definition) is 2. The van der Waals surface area contributed by atoms with E-state index in [1.807, 2.05) is 18.3 Å². The fraction of sp³-hybridized carbons (Fsp3) is 0.385. The molecule has 0 unspecified atom stereocenters. The van der Waals surface area contributed by atoms with Crippen LogP contribution in [0.5, 0.6) is 0 Å². The Balaban J connectivity index is 1.72. The Morgan fingerprint density at radius 3 is 3.28 bits per heavy atom. The van der Waals surface area contributed by atoms with Crippen LogP contribution in [0, 0.1) is 6.92 Å². The summed E-state index contributed by atoms with van der Waals surface area (Å²) in [6.07, 6.45) is 5.27. The number of rotatable bonds is 3. The van der Waals surface area contributed by atoms with Crippen molar-refractivity contribution in [3.8, 4) is 0 Å². The average Bonchev–Trinajstić information content (AvgIpc) is 2.79. The van der Waals surface area contributed by atoms with Crippen LogP contribution < -0.4 is 10.6 Å². The SMILES string of the molecule is Cc1ccn2nc(NCC3=CCNCC3)nc2c1. The fourth-order valence-electron chi connectivity index (χ4n) is 2.08. The maximum atomic E-state index is 4.46. The van der Waals surface area contributed by atoms with Gasteiger partial charge in [-0.1, -0.05) is 11.6 Å². The molecule has 0 aliphatic carbocycles. The molecule has 0 bridgehead atoms. The van der Waals surface area contributed by atoms with E-state index in [9.17, 15) is 0 Å². The molecule has 0 atom stereocenters. The molecule has 0 spiro atoms. The molecule has 94 valence electrons. The average molecular weight is 243 g/mol. The van der Waals surface area contributed by atoms with Gasteiger partial charge in [0.05, 0.1) is 0 Å². The Morgan fingerprint density at radius 1 is 1.50 bits per heavy atom. The van der Waals surface area contributed by atoms with Gasteiger partial charge in [0.25, 0.3) is 0 Å². The fourth-order valence-corrected chi connectivity index (χ4v) is 2.08. The maximum Gasteiger partial charge on any atom is 0.243 e. The molecule has 0 radical (unpaired) electrons. The number of hydrogen-bond acceptors (Lipinski definition) is 4. The van der Waals surface area contributed by atoms with Crippen LogP contribution in [0.1, 0.15) is 12.0 Å². The van der Waals surface area contributed by atoms with Gasteiger partial charge in [0.2, 0.25) is 5.95 Å². The van der Waals surface area contributed by atoms with Crippen molar-refractivity contribution in [1.29, 1.82) is 0 Å². The van der Waals surface area contributed by atoms with Crippen molar-refractivity contribution in [2.24, 2.45) is 0 Å². The monoisotopic (exact) mass is 243 g/mol. The van der Waals surface area contributed by atoms with Gasteiger partial charge in [-0.05, 0) is 37.6 Å². The van der Waals surface area contributed by atoms with Crippen molar-refractivity contribution < 1.29 is 0 Å². The Morgan fingerprint density at radius 2 is 2.44 bits per heavy atom. The van der Waals surface area contributed by atoms with Gasteiger partial charge in [0, 0.05) is 19.3 Å². The minimum atomic E-state index is 0.694. The Bertz CT molecular complexity index is 584. The van der Waals surface area contributed by atoms with Crippen molar-refractivity contribution >= 4 is 11.6 Å². The van der Waals surface area contributed by atoms with Gasteiger partial charge in [-0.2, -0.15) is 4.98 Å². The Kier molecular flexibility index (Phi) is 2.98. The molecule has 3 heterocycles. The molecule has 0 saturated carbocycles. The van der Waals surface area contributed by atoms with E-state index in [2.05, 4.69) is 33.7 Å². The predicted octanol–water partition coefficient (Wildman–Crippen LogP) is 1.37. The highest BCUT2D eigenvalue weighted by Gasteiger charge is 2.06. The zero-order chi connectivity index (χ0) is 12.4. The van der Waals surface area contributed by atoms with Crippen LogP contribution >= 0.6 is 0 Å². The largest absolute Gasteiger partial charge is 0.349 e. The highest BCUT2D eigenvalue weighted by Crippen LogP contribution is 2.09. The number of fused-ring (bicyclic) bond motifs is 1. The molecule has 0 aromatic carbocycles.